The summed E-state index contributed by atoms with van der Waals surface area (Å²) in [6.07, 6.45) is 1.85. The van der Waals surface area contributed by atoms with E-state index in [0.717, 1.165) is 12.8 Å². The number of aromatic amines is 1. The van der Waals surface area contributed by atoms with E-state index in [1.807, 2.05) is 18.2 Å². The van der Waals surface area contributed by atoms with E-state index < -0.39 is 6.09 Å². The monoisotopic (exact) mass is 358 g/mol. The van der Waals surface area contributed by atoms with Gasteiger partial charge in [-0.3, -0.25) is 10.1 Å². The molecule has 0 aliphatic rings. The molecule has 7 heteroatoms. The highest BCUT2D eigenvalue weighted by Crippen LogP contribution is 2.22. The first-order valence-corrected chi connectivity index (χ1v) is 8.82. The lowest BCUT2D eigenvalue weighted by Crippen LogP contribution is -2.26. The van der Waals surface area contributed by atoms with Crippen LogP contribution in [0.4, 0.5) is 10.7 Å². The summed E-state index contributed by atoms with van der Waals surface area (Å²) in [5.74, 6) is 0.139. The lowest BCUT2D eigenvalue weighted by Gasteiger charge is -2.11. The Kier molecular flexibility index (Phi) is 7.20. The van der Waals surface area contributed by atoms with E-state index in [-0.39, 0.29) is 17.8 Å². The van der Waals surface area contributed by atoms with Gasteiger partial charge in [-0.1, -0.05) is 50.6 Å². The van der Waals surface area contributed by atoms with Gasteiger partial charge in [0, 0.05) is 12.2 Å². The van der Waals surface area contributed by atoms with Crippen molar-refractivity contribution < 1.29 is 14.3 Å². The summed E-state index contributed by atoms with van der Waals surface area (Å²) in [6.45, 7) is 4.74. The van der Waals surface area contributed by atoms with E-state index in [9.17, 15) is 9.59 Å². The Labute approximate surface area is 153 Å². The summed E-state index contributed by atoms with van der Waals surface area (Å²) < 4.78 is 4.58. The Balaban J connectivity index is 2.20. The highest BCUT2D eigenvalue weighted by molar-refractivity contribution is 5.94. The van der Waals surface area contributed by atoms with Gasteiger partial charge in [0.15, 0.2) is 5.69 Å². The van der Waals surface area contributed by atoms with Crippen LogP contribution in [0, 0.1) is 0 Å². The minimum atomic E-state index is -0.639. The van der Waals surface area contributed by atoms with E-state index in [0.29, 0.717) is 24.4 Å². The zero-order valence-electron chi connectivity index (χ0n) is 15.5. The third-order valence-corrected chi connectivity index (χ3v) is 4.09. The van der Waals surface area contributed by atoms with Crippen LogP contribution in [-0.4, -0.2) is 35.6 Å². The van der Waals surface area contributed by atoms with E-state index in [1.165, 1.54) is 12.7 Å². The van der Waals surface area contributed by atoms with Crippen molar-refractivity contribution in [1.29, 1.82) is 0 Å². The van der Waals surface area contributed by atoms with Gasteiger partial charge in [0.25, 0.3) is 5.91 Å². The molecule has 0 saturated carbocycles. The number of hydrogen-bond acceptors (Lipinski definition) is 4. The molecular formula is C19H26N4O3. The molecule has 2 amide bonds. The van der Waals surface area contributed by atoms with Crippen LogP contribution in [0.2, 0.25) is 0 Å². The first-order chi connectivity index (χ1) is 12.5. The Hall–Kier alpha value is -2.83. The number of amides is 2. The summed E-state index contributed by atoms with van der Waals surface area (Å²) in [4.78, 5) is 31.2. The fourth-order valence-electron chi connectivity index (χ4n) is 2.62. The molecule has 1 heterocycles. The van der Waals surface area contributed by atoms with Crippen LogP contribution in [0.3, 0.4) is 0 Å². The summed E-state index contributed by atoms with van der Waals surface area (Å²) in [5, 5.41) is 5.35. The minimum Gasteiger partial charge on any atom is -0.453 e. The largest absolute Gasteiger partial charge is 0.453 e. The SMILES string of the molecule is CCCCNC(=O)c1nc(NC(=O)OC)[nH]c1CC(C)c1ccccc1. The van der Waals surface area contributed by atoms with Gasteiger partial charge in [-0.15, -0.1) is 0 Å². The van der Waals surface area contributed by atoms with E-state index in [4.69, 9.17) is 0 Å². The molecule has 140 valence electrons. The Morgan fingerprint density at radius 2 is 2.00 bits per heavy atom. The second kappa shape index (κ2) is 9.60. The number of rotatable bonds is 8. The lowest BCUT2D eigenvalue weighted by molar-refractivity contribution is 0.0947. The number of aromatic nitrogens is 2. The second-order valence-electron chi connectivity index (χ2n) is 6.15. The first kappa shape index (κ1) is 19.5. The van der Waals surface area contributed by atoms with Gasteiger partial charge in [0.2, 0.25) is 5.95 Å². The van der Waals surface area contributed by atoms with E-state index in [2.05, 4.69) is 51.3 Å². The van der Waals surface area contributed by atoms with Crippen molar-refractivity contribution in [2.24, 2.45) is 0 Å². The predicted octanol–water partition coefficient (Wildman–Crippen LogP) is 3.46. The quantitative estimate of drug-likeness (QED) is 0.630. The summed E-state index contributed by atoms with van der Waals surface area (Å²) in [7, 11) is 1.27. The smallest absolute Gasteiger partial charge is 0.413 e. The molecule has 2 rings (SSSR count). The van der Waals surface area contributed by atoms with Crippen molar-refractivity contribution in [3.8, 4) is 0 Å². The fraction of sp³-hybridized carbons (Fsp3) is 0.421. The summed E-state index contributed by atoms with van der Waals surface area (Å²) in [5.41, 5.74) is 2.15. The molecule has 0 aliphatic heterocycles. The standard InChI is InChI=1S/C19H26N4O3/c1-4-5-11-20-17(24)16-15(21-18(22-16)23-19(25)26-3)12-13(2)14-9-7-6-8-10-14/h6-10,13H,4-5,11-12H2,1-3H3,(H,20,24)(H2,21,22,23,25). The molecule has 1 aromatic heterocycles. The molecular weight excluding hydrogens is 332 g/mol. The number of carbonyl (C=O) groups is 2. The maximum Gasteiger partial charge on any atom is 0.413 e. The number of imidazole rings is 1. The van der Waals surface area contributed by atoms with Crippen LogP contribution in [0.1, 0.15) is 54.4 Å². The average molecular weight is 358 g/mol. The molecule has 3 N–H and O–H groups in total. The molecule has 7 nitrogen and oxygen atoms in total. The number of nitrogens with one attached hydrogen (secondary N) is 3. The second-order valence-corrected chi connectivity index (χ2v) is 6.15. The van der Waals surface area contributed by atoms with Crippen LogP contribution in [-0.2, 0) is 11.2 Å². The van der Waals surface area contributed by atoms with Gasteiger partial charge in [-0.25, -0.2) is 9.78 Å². The topological polar surface area (TPSA) is 96.1 Å². The van der Waals surface area contributed by atoms with Crippen molar-refractivity contribution in [2.75, 3.05) is 19.0 Å². The Bertz CT molecular complexity index is 728. The van der Waals surface area contributed by atoms with Crippen molar-refractivity contribution in [1.82, 2.24) is 15.3 Å². The highest BCUT2D eigenvalue weighted by atomic mass is 16.5. The van der Waals surface area contributed by atoms with Gasteiger partial charge >= 0.3 is 6.09 Å². The molecule has 26 heavy (non-hydrogen) atoms. The minimum absolute atomic E-state index is 0.185. The Morgan fingerprint density at radius 3 is 2.65 bits per heavy atom. The molecule has 1 atom stereocenters. The van der Waals surface area contributed by atoms with Crippen molar-refractivity contribution >= 4 is 17.9 Å². The molecule has 0 aliphatic carbocycles. The number of ether oxygens (including phenoxy) is 1. The molecule has 0 bridgehead atoms. The number of benzene rings is 1. The Morgan fingerprint density at radius 1 is 1.27 bits per heavy atom. The molecule has 1 aromatic carbocycles. The van der Waals surface area contributed by atoms with Crippen LogP contribution in [0.25, 0.3) is 0 Å². The summed E-state index contributed by atoms with van der Waals surface area (Å²) in [6, 6.07) is 10.0. The van der Waals surface area contributed by atoms with Gasteiger partial charge < -0.3 is 15.0 Å². The number of anilines is 1. The van der Waals surface area contributed by atoms with Gasteiger partial charge in [0.05, 0.1) is 7.11 Å². The molecule has 0 spiro atoms. The van der Waals surface area contributed by atoms with Crippen LogP contribution >= 0.6 is 0 Å². The van der Waals surface area contributed by atoms with Crippen LogP contribution < -0.4 is 10.6 Å². The third kappa shape index (κ3) is 5.34. The maximum absolute atomic E-state index is 12.5. The van der Waals surface area contributed by atoms with E-state index >= 15 is 0 Å². The highest BCUT2D eigenvalue weighted by Gasteiger charge is 2.20. The number of H-pyrrole nitrogens is 1. The van der Waals surface area contributed by atoms with Crippen molar-refractivity contribution in [3.05, 3.63) is 47.3 Å². The number of nitrogens with zero attached hydrogens (tertiary/aromatic N) is 1. The number of methoxy groups -OCH3 is 1. The predicted molar refractivity (Wildman–Crippen MR) is 100 cm³/mol. The third-order valence-electron chi connectivity index (χ3n) is 4.09. The fourth-order valence-corrected chi connectivity index (χ4v) is 2.62. The zero-order chi connectivity index (χ0) is 18.9. The summed E-state index contributed by atoms with van der Waals surface area (Å²) >= 11 is 0. The van der Waals surface area contributed by atoms with Gasteiger partial charge in [0.1, 0.15) is 0 Å². The molecule has 0 radical (unpaired) electrons. The van der Waals surface area contributed by atoms with E-state index in [1.54, 1.807) is 0 Å². The number of hydrogen-bond donors (Lipinski definition) is 3. The molecule has 2 aromatic rings. The van der Waals surface area contributed by atoms with Crippen LogP contribution in [0.15, 0.2) is 30.3 Å². The van der Waals surface area contributed by atoms with Crippen LogP contribution in [0.5, 0.6) is 0 Å². The number of carbonyl (C=O) groups excluding carboxylic acids is 2. The molecule has 0 fully saturated rings. The van der Waals surface area contributed by atoms with Gasteiger partial charge in [-0.05, 0) is 24.3 Å². The van der Waals surface area contributed by atoms with Crippen molar-refractivity contribution in [2.45, 2.75) is 39.0 Å². The zero-order valence-corrected chi connectivity index (χ0v) is 15.5. The molecule has 0 saturated heterocycles. The normalized spacial score (nSPS) is 11.7. The van der Waals surface area contributed by atoms with Crippen molar-refractivity contribution in [3.63, 3.8) is 0 Å². The molecule has 1 unspecified atom stereocenters. The lowest BCUT2D eigenvalue weighted by atomic mass is 9.95. The average Bonchev–Trinajstić information content (AvgIpc) is 3.04. The maximum atomic E-state index is 12.5. The number of unbranched alkanes of at least 4 members (excludes halogenated alkanes) is 1. The first-order valence-electron chi connectivity index (χ1n) is 8.82. The van der Waals surface area contributed by atoms with Gasteiger partial charge in [-0.2, -0.15) is 0 Å².